The number of hydrogen-bond acceptors (Lipinski definition) is 5. The van der Waals surface area contributed by atoms with Crippen LogP contribution in [0.4, 0.5) is 9.59 Å². The van der Waals surface area contributed by atoms with Gasteiger partial charge in [-0.15, -0.1) is 0 Å². The van der Waals surface area contributed by atoms with E-state index in [0.29, 0.717) is 12.8 Å². The van der Waals surface area contributed by atoms with Crippen LogP contribution in [0, 0.1) is 0 Å². The lowest BCUT2D eigenvalue weighted by Crippen LogP contribution is -2.54. The van der Waals surface area contributed by atoms with Gasteiger partial charge in [-0.2, -0.15) is 0 Å². The number of rotatable bonds is 7. The van der Waals surface area contributed by atoms with Gasteiger partial charge >= 0.3 is 12.2 Å². The molecule has 180 valence electrons. The fraction of sp³-hybridized carbons (Fsp3) is 0.440. The van der Waals surface area contributed by atoms with Crippen LogP contribution in [0.5, 0.6) is 0 Å². The summed E-state index contributed by atoms with van der Waals surface area (Å²) in [6.07, 6.45) is -0.0701. The van der Waals surface area contributed by atoms with Crippen molar-refractivity contribution in [2.24, 2.45) is 5.11 Å². The van der Waals surface area contributed by atoms with Crippen molar-refractivity contribution < 1.29 is 19.1 Å². The molecule has 0 spiro atoms. The Kier molecular flexibility index (Phi) is 8.38. The smallest absolute Gasteiger partial charge is 0.410 e. The predicted octanol–water partition coefficient (Wildman–Crippen LogP) is 5.56. The highest BCUT2D eigenvalue weighted by Crippen LogP contribution is 2.30. The van der Waals surface area contributed by atoms with E-state index < -0.39 is 35.9 Å². The second-order valence-corrected chi connectivity index (χ2v) is 9.24. The molecule has 0 heterocycles. The maximum absolute atomic E-state index is 13.3. The summed E-state index contributed by atoms with van der Waals surface area (Å²) in [6, 6.07) is 17.4. The van der Waals surface area contributed by atoms with Gasteiger partial charge in [0.25, 0.3) is 0 Å². The Morgan fingerprint density at radius 2 is 1.68 bits per heavy atom. The monoisotopic (exact) mass is 465 g/mol. The Bertz CT molecular complexity index is 1000. The van der Waals surface area contributed by atoms with Crippen molar-refractivity contribution in [3.05, 3.63) is 82.2 Å². The Morgan fingerprint density at radius 3 is 2.26 bits per heavy atom. The molecule has 1 fully saturated rings. The van der Waals surface area contributed by atoms with Gasteiger partial charge in [0.15, 0.2) is 0 Å². The number of benzene rings is 2. The highest BCUT2D eigenvalue weighted by Gasteiger charge is 2.43. The number of hydrogen-bond donors (Lipinski definition) is 1. The fourth-order valence-corrected chi connectivity index (χ4v) is 4.04. The zero-order chi connectivity index (χ0) is 24.6. The largest absolute Gasteiger partial charge is 0.445 e. The maximum Gasteiger partial charge on any atom is 0.410 e. The summed E-state index contributed by atoms with van der Waals surface area (Å²) in [4.78, 5) is 30.4. The molecule has 1 N–H and O–H groups in total. The molecule has 3 rings (SSSR count). The molecular weight excluding hydrogens is 434 g/mol. The maximum atomic E-state index is 13.3. The summed E-state index contributed by atoms with van der Waals surface area (Å²) in [7, 11) is 0. The molecule has 0 aromatic heterocycles. The molecule has 1 aliphatic carbocycles. The summed E-state index contributed by atoms with van der Waals surface area (Å²) >= 11 is 0. The van der Waals surface area contributed by atoms with Gasteiger partial charge < -0.3 is 14.8 Å². The van der Waals surface area contributed by atoms with Gasteiger partial charge in [0.2, 0.25) is 0 Å². The molecule has 2 amide bonds. The number of ether oxygens (including phenoxy) is 2. The minimum atomic E-state index is -0.690. The summed E-state index contributed by atoms with van der Waals surface area (Å²) in [5, 5.41) is 6.72. The highest BCUT2D eigenvalue weighted by molar-refractivity contribution is 5.70. The van der Waals surface area contributed by atoms with E-state index in [4.69, 9.17) is 15.0 Å². The quantitative estimate of drug-likeness (QED) is 0.327. The Labute approximate surface area is 199 Å². The minimum Gasteiger partial charge on any atom is -0.445 e. The van der Waals surface area contributed by atoms with Crippen LogP contribution >= 0.6 is 0 Å². The van der Waals surface area contributed by atoms with Crippen LogP contribution in [0.3, 0.4) is 0 Å². The third-order valence-electron chi connectivity index (χ3n) is 5.51. The van der Waals surface area contributed by atoms with Crippen LogP contribution in [-0.2, 0) is 22.6 Å². The number of carbonyl (C=O) groups is 2. The molecule has 0 saturated heterocycles. The zero-order valence-electron chi connectivity index (χ0n) is 19.8. The third kappa shape index (κ3) is 7.15. The number of nitrogens with one attached hydrogen (secondary N) is 1. The molecule has 0 radical (unpaired) electrons. The van der Waals surface area contributed by atoms with Crippen molar-refractivity contribution >= 4 is 12.2 Å². The van der Waals surface area contributed by atoms with Crippen molar-refractivity contribution in [2.45, 2.75) is 70.5 Å². The Hall–Kier alpha value is -3.71. The summed E-state index contributed by atoms with van der Waals surface area (Å²) < 4.78 is 11.1. The van der Waals surface area contributed by atoms with E-state index in [1.54, 1.807) is 25.7 Å². The first-order chi connectivity index (χ1) is 16.3. The molecule has 0 aliphatic heterocycles. The van der Waals surface area contributed by atoms with Crippen LogP contribution in [-0.4, -0.2) is 40.8 Å². The van der Waals surface area contributed by atoms with Gasteiger partial charge in [-0.05, 0) is 50.3 Å². The van der Waals surface area contributed by atoms with Crippen molar-refractivity contribution in [1.82, 2.24) is 10.2 Å². The SMILES string of the molecule is CC(C)(C)OC(=O)N[C@@H]1[C@H](N(Cc2ccccc2)C(=O)OCc2ccccc2)CC[C@H]1N=[N+]=[N-]. The molecule has 0 unspecified atom stereocenters. The lowest BCUT2D eigenvalue weighted by atomic mass is 10.1. The molecule has 3 atom stereocenters. The van der Waals surface area contributed by atoms with Crippen molar-refractivity contribution in [1.29, 1.82) is 0 Å². The second kappa shape index (κ2) is 11.4. The summed E-state index contributed by atoms with van der Waals surface area (Å²) in [5.74, 6) is 0. The predicted molar refractivity (Wildman–Crippen MR) is 128 cm³/mol. The Balaban J connectivity index is 1.84. The molecule has 9 nitrogen and oxygen atoms in total. The lowest BCUT2D eigenvalue weighted by molar-refractivity contribution is 0.0431. The fourth-order valence-electron chi connectivity index (χ4n) is 4.04. The number of alkyl carbamates (subject to hydrolysis) is 1. The van der Waals surface area contributed by atoms with E-state index in [9.17, 15) is 9.59 Å². The standard InChI is InChI=1S/C25H31N5O4/c1-25(2,3)34-23(31)27-22-20(28-29-26)14-15-21(22)30(16-18-10-6-4-7-11-18)24(32)33-17-19-12-8-5-9-13-19/h4-13,20-22H,14-17H2,1-3H3,(H,27,31)/t20-,21-,22+/m1/s1. The third-order valence-corrected chi connectivity index (χ3v) is 5.51. The van der Waals surface area contributed by atoms with Gasteiger partial charge in [0.05, 0.1) is 18.1 Å². The number of amides is 2. The number of nitrogens with zero attached hydrogens (tertiary/aromatic N) is 4. The molecule has 1 saturated carbocycles. The van der Waals surface area contributed by atoms with Gasteiger partial charge in [0, 0.05) is 11.5 Å². The second-order valence-electron chi connectivity index (χ2n) is 9.24. The van der Waals surface area contributed by atoms with E-state index in [1.807, 2.05) is 60.7 Å². The van der Waals surface area contributed by atoms with E-state index in [0.717, 1.165) is 11.1 Å². The molecule has 1 aliphatic rings. The van der Waals surface area contributed by atoms with E-state index in [1.165, 1.54) is 0 Å². The summed E-state index contributed by atoms with van der Waals surface area (Å²) in [6.45, 7) is 5.72. The van der Waals surface area contributed by atoms with E-state index in [2.05, 4.69) is 15.3 Å². The Morgan fingerprint density at radius 1 is 1.06 bits per heavy atom. The minimum absolute atomic E-state index is 0.127. The topological polar surface area (TPSA) is 117 Å². The molecule has 34 heavy (non-hydrogen) atoms. The van der Waals surface area contributed by atoms with Crippen LogP contribution < -0.4 is 5.32 Å². The van der Waals surface area contributed by atoms with Gasteiger partial charge in [-0.1, -0.05) is 65.8 Å². The van der Waals surface area contributed by atoms with Gasteiger partial charge in [-0.25, -0.2) is 9.59 Å². The van der Waals surface area contributed by atoms with E-state index >= 15 is 0 Å². The molecule has 9 heteroatoms. The normalized spacial score (nSPS) is 19.6. The van der Waals surface area contributed by atoms with Crippen molar-refractivity contribution in [2.75, 3.05) is 0 Å². The molecule has 2 aromatic carbocycles. The average Bonchev–Trinajstić information content (AvgIpc) is 3.18. The first-order valence-electron chi connectivity index (χ1n) is 11.3. The van der Waals surface area contributed by atoms with Crippen LogP contribution in [0.15, 0.2) is 65.8 Å². The molecule has 0 bridgehead atoms. The number of carbonyl (C=O) groups excluding carboxylic acids is 2. The first kappa shape index (κ1) is 24.9. The number of azide groups is 1. The van der Waals surface area contributed by atoms with Crippen molar-refractivity contribution in [3.63, 3.8) is 0 Å². The highest BCUT2D eigenvalue weighted by atomic mass is 16.6. The van der Waals surface area contributed by atoms with Crippen LogP contribution in [0.2, 0.25) is 0 Å². The zero-order valence-corrected chi connectivity index (χ0v) is 19.8. The molecule has 2 aromatic rings. The van der Waals surface area contributed by atoms with Gasteiger partial charge in [0.1, 0.15) is 12.2 Å². The average molecular weight is 466 g/mol. The lowest BCUT2D eigenvalue weighted by Gasteiger charge is -2.34. The summed E-state index contributed by atoms with van der Waals surface area (Å²) in [5.41, 5.74) is 10.2. The van der Waals surface area contributed by atoms with E-state index in [-0.39, 0.29) is 13.2 Å². The molecular formula is C25H31N5O4. The van der Waals surface area contributed by atoms with Crippen LogP contribution in [0.1, 0.15) is 44.7 Å². The van der Waals surface area contributed by atoms with Gasteiger partial charge in [-0.3, -0.25) is 4.90 Å². The van der Waals surface area contributed by atoms with Crippen LogP contribution in [0.25, 0.3) is 10.4 Å². The first-order valence-corrected chi connectivity index (χ1v) is 11.3. The van der Waals surface area contributed by atoms with Crippen molar-refractivity contribution in [3.8, 4) is 0 Å².